The summed E-state index contributed by atoms with van der Waals surface area (Å²) < 4.78 is 0. The van der Waals surface area contributed by atoms with Crippen molar-refractivity contribution in [2.45, 2.75) is 32.1 Å². The van der Waals surface area contributed by atoms with Crippen molar-refractivity contribution >= 4 is 11.6 Å². The number of nitrogens with zero attached hydrogens (tertiary/aromatic N) is 4. The lowest BCUT2D eigenvalue weighted by molar-refractivity contribution is 0.0543. The van der Waals surface area contributed by atoms with Crippen LogP contribution in [0.5, 0.6) is 0 Å². The molecule has 5 heteroatoms. The molecule has 2 saturated heterocycles. The van der Waals surface area contributed by atoms with E-state index in [1.165, 1.54) is 37.9 Å². The van der Waals surface area contributed by atoms with E-state index in [0.717, 1.165) is 25.5 Å². The minimum Gasteiger partial charge on any atom is -0.384 e. The van der Waals surface area contributed by atoms with Gasteiger partial charge in [0.2, 0.25) is 0 Å². The van der Waals surface area contributed by atoms with Crippen LogP contribution >= 0.6 is 0 Å². The zero-order valence-electron chi connectivity index (χ0n) is 15.6. The van der Waals surface area contributed by atoms with Gasteiger partial charge in [0.05, 0.1) is 0 Å². The summed E-state index contributed by atoms with van der Waals surface area (Å²) in [6.07, 6.45) is 5.31. The van der Waals surface area contributed by atoms with Gasteiger partial charge in [-0.15, -0.1) is 0 Å². The van der Waals surface area contributed by atoms with Crippen LogP contribution in [0.25, 0.3) is 0 Å². The van der Waals surface area contributed by atoms with Gasteiger partial charge < -0.3 is 15.5 Å². The average molecular weight is 351 g/mol. The highest BCUT2D eigenvalue weighted by atomic mass is 15.2. The molecule has 1 spiro atoms. The van der Waals surface area contributed by atoms with E-state index >= 15 is 0 Å². The number of nitrogens with two attached hydrogens (primary N) is 1. The highest BCUT2D eigenvalue weighted by Crippen LogP contribution is 2.45. The number of hydrogen-bond acceptors (Lipinski definition) is 5. The topological polar surface area (TPSA) is 58.3 Å². The van der Waals surface area contributed by atoms with Gasteiger partial charge in [0.15, 0.2) is 0 Å². The molecule has 26 heavy (non-hydrogen) atoms. The lowest BCUT2D eigenvalue weighted by Gasteiger charge is -2.50. The Morgan fingerprint density at radius 1 is 1.15 bits per heavy atom. The van der Waals surface area contributed by atoms with E-state index < -0.39 is 0 Å². The van der Waals surface area contributed by atoms with Crippen molar-refractivity contribution in [3.8, 4) is 0 Å². The zero-order valence-corrected chi connectivity index (χ0v) is 15.6. The van der Waals surface area contributed by atoms with Gasteiger partial charge in [0.25, 0.3) is 0 Å². The second-order valence-electron chi connectivity index (χ2n) is 7.93. The highest BCUT2D eigenvalue weighted by Gasteiger charge is 2.42. The molecule has 1 unspecified atom stereocenters. The number of likely N-dealkylation sites (tertiary alicyclic amines) is 1. The summed E-state index contributed by atoms with van der Waals surface area (Å²) in [5.41, 5.74) is 7.75. The molecule has 0 bridgehead atoms. The van der Waals surface area contributed by atoms with Crippen LogP contribution in [0.3, 0.4) is 0 Å². The zero-order chi connectivity index (χ0) is 18.0. The Hall–Kier alpha value is -2.14. The molecule has 2 N–H and O–H groups in total. The molecule has 1 aromatic heterocycles. The first-order valence-electron chi connectivity index (χ1n) is 9.77. The van der Waals surface area contributed by atoms with Crippen molar-refractivity contribution < 1.29 is 0 Å². The predicted octanol–water partition coefficient (Wildman–Crippen LogP) is 3.15. The molecule has 0 aliphatic carbocycles. The summed E-state index contributed by atoms with van der Waals surface area (Å²) >= 11 is 0. The predicted molar refractivity (Wildman–Crippen MR) is 106 cm³/mol. The van der Waals surface area contributed by atoms with E-state index in [1.807, 2.05) is 6.07 Å². The first-order valence-corrected chi connectivity index (χ1v) is 9.77. The third-order valence-corrected chi connectivity index (χ3v) is 6.26. The van der Waals surface area contributed by atoms with E-state index in [2.05, 4.69) is 57.0 Å². The summed E-state index contributed by atoms with van der Waals surface area (Å²) in [5, 5.41) is 0. The van der Waals surface area contributed by atoms with E-state index in [9.17, 15) is 0 Å². The number of benzene rings is 1. The number of aromatic nitrogens is 2. The lowest BCUT2D eigenvalue weighted by atomic mass is 9.68. The van der Waals surface area contributed by atoms with Crippen LogP contribution in [0.1, 0.15) is 37.7 Å². The normalized spacial score (nSPS) is 23.3. The number of anilines is 2. The summed E-state index contributed by atoms with van der Waals surface area (Å²) in [6.45, 7) is 7.95. The quantitative estimate of drug-likeness (QED) is 0.920. The Morgan fingerprint density at radius 3 is 2.62 bits per heavy atom. The minimum atomic E-state index is 0.420. The molecule has 0 saturated carbocycles. The molecule has 5 nitrogen and oxygen atoms in total. The van der Waals surface area contributed by atoms with Gasteiger partial charge in [0, 0.05) is 32.2 Å². The van der Waals surface area contributed by atoms with Gasteiger partial charge in [-0.1, -0.05) is 37.3 Å². The second-order valence-corrected chi connectivity index (χ2v) is 7.93. The van der Waals surface area contributed by atoms with Gasteiger partial charge in [-0.25, -0.2) is 9.97 Å². The third-order valence-electron chi connectivity index (χ3n) is 6.26. The Kier molecular flexibility index (Phi) is 4.81. The highest BCUT2D eigenvalue weighted by molar-refractivity contribution is 5.46. The summed E-state index contributed by atoms with van der Waals surface area (Å²) in [7, 11) is 0. The SMILES string of the molecule is CCN1CC(c2ccccc2)CC2(CCN(c3cc(N)ncn3)CC2)C1. The van der Waals surface area contributed by atoms with Gasteiger partial charge in [0.1, 0.15) is 18.0 Å². The summed E-state index contributed by atoms with van der Waals surface area (Å²) in [5.74, 6) is 2.16. The van der Waals surface area contributed by atoms with E-state index in [1.54, 1.807) is 6.33 Å². The van der Waals surface area contributed by atoms with Crippen molar-refractivity contribution in [2.75, 3.05) is 43.4 Å². The molecule has 0 amide bonds. The van der Waals surface area contributed by atoms with Gasteiger partial charge in [-0.05, 0) is 42.7 Å². The average Bonchev–Trinajstić information content (AvgIpc) is 2.69. The lowest BCUT2D eigenvalue weighted by Crippen LogP contribution is -2.51. The van der Waals surface area contributed by atoms with Crippen LogP contribution in [0.4, 0.5) is 11.6 Å². The van der Waals surface area contributed by atoms with Crippen LogP contribution in [-0.2, 0) is 0 Å². The first-order chi connectivity index (χ1) is 12.7. The molecule has 0 radical (unpaired) electrons. The molecule has 138 valence electrons. The summed E-state index contributed by atoms with van der Waals surface area (Å²) in [4.78, 5) is 13.4. The van der Waals surface area contributed by atoms with Gasteiger partial charge >= 0.3 is 0 Å². The van der Waals surface area contributed by atoms with E-state index in [-0.39, 0.29) is 0 Å². The fourth-order valence-electron chi connectivity index (χ4n) is 4.80. The Labute approximate surface area is 156 Å². The Morgan fingerprint density at radius 2 is 1.92 bits per heavy atom. The van der Waals surface area contributed by atoms with Crippen LogP contribution < -0.4 is 10.6 Å². The van der Waals surface area contributed by atoms with Crippen molar-refractivity contribution in [2.24, 2.45) is 5.41 Å². The van der Waals surface area contributed by atoms with Crippen LogP contribution in [0.15, 0.2) is 42.7 Å². The van der Waals surface area contributed by atoms with E-state index in [4.69, 9.17) is 5.73 Å². The van der Waals surface area contributed by atoms with Crippen molar-refractivity contribution in [3.05, 3.63) is 48.3 Å². The number of rotatable bonds is 3. The maximum absolute atomic E-state index is 5.84. The van der Waals surface area contributed by atoms with Crippen LogP contribution in [-0.4, -0.2) is 47.6 Å². The van der Waals surface area contributed by atoms with Gasteiger partial charge in [-0.3, -0.25) is 0 Å². The summed E-state index contributed by atoms with van der Waals surface area (Å²) in [6, 6.07) is 13.0. The number of likely N-dealkylation sites (N-methyl/N-ethyl adjacent to an activating group) is 1. The molecule has 1 aromatic carbocycles. The minimum absolute atomic E-state index is 0.420. The smallest absolute Gasteiger partial charge is 0.134 e. The molecule has 4 rings (SSSR count). The van der Waals surface area contributed by atoms with Crippen LogP contribution in [0, 0.1) is 5.41 Å². The molecule has 2 aromatic rings. The molecule has 1 atom stereocenters. The molecular formula is C21H29N5. The largest absolute Gasteiger partial charge is 0.384 e. The van der Waals surface area contributed by atoms with E-state index in [0.29, 0.717) is 17.2 Å². The maximum atomic E-state index is 5.84. The second kappa shape index (κ2) is 7.23. The first kappa shape index (κ1) is 17.3. The number of nitrogen functional groups attached to an aromatic ring is 1. The molecule has 2 aliphatic rings. The number of piperidine rings is 2. The van der Waals surface area contributed by atoms with Crippen molar-refractivity contribution in [1.29, 1.82) is 0 Å². The molecular weight excluding hydrogens is 322 g/mol. The number of hydrogen-bond donors (Lipinski definition) is 1. The molecule has 2 aliphatic heterocycles. The van der Waals surface area contributed by atoms with Crippen molar-refractivity contribution in [3.63, 3.8) is 0 Å². The standard InChI is InChI=1S/C21H29N5/c1-2-25-14-18(17-6-4-3-5-7-17)13-21(15-25)8-10-26(11-9-21)20-12-19(22)23-16-24-20/h3-7,12,16,18H,2,8-11,13-15H2,1H3,(H2,22,23,24). The molecule has 3 heterocycles. The fourth-order valence-corrected chi connectivity index (χ4v) is 4.80. The van der Waals surface area contributed by atoms with Crippen LogP contribution in [0.2, 0.25) is 0 Å². The van der Waals surface area contributed by atoms with Crippen molar-refractivity contribution in [1.82, 2.24) is 14.9 Å². The van der Waals surface area contributed by atoms with Gasteiger partial charge in [-0.2, -0.15) is 0 Å². The Bertz CT molecular complexity index is 724. The molecule has 2 fully saturated rings. The Balaban J connectivity index is 1.49. The third kappa shape index (κ3) is 3.54. The monoisotopic (exact) mass is 351 g/mol. The fraction of sp³-hybridized carbons (Fsp3) is 0.524. The maximum Gasteiger partial charge on any atom is 0.134 e.